The van der Waals surface area contributed by atoms with E-state index in [1.54, 1.807) is 0 Å². The number of aromatic nitrogens is 1. The molecule has 3 heteroatoms. The molecule has 0 saturated carbocycles. The topological polar surface area (TPSA) is 43.0 Å². The molecule has 3 N–H and O–H groups in total. The number of nitrogens with zero attached hydrogens (tertiary/aromatic N) is 1. The number of nitrogen functional groups attached to an aromatic ring is 1. The van der Waals surface area contributed by atoms with E-state index in [4.69, 9.17) is 5.73 Å². The number of nitrogens with two attached hydrogens (primary N) is 1. The standard InChI is InChI=1S/C24H19N3/c25-20-13-5-6-14-21(20)26-22-15-8-12-19-18-11-4-7-16-23(18)27(24(19)22)17-9-2-1-3-10-17/h1-16,26H,25H2. The van der Waals surface area contributed by atoms with E-state index < -0.39 is 0 Å². The fourth-order valence-electron chi connectivity index (χ4n) is 3.72. The van der Waals surface area contributed by atoms with E-state index in [1.807, 2.05) is 30.3 Å². The van der Waals surface area contributed by atoms with Crippen molar-refractivity contribution in [3.8, 4) is 5.69 Å². The summed E-state index contributed by atoms with van der Waals surface area (Å²) in [4.78, 5) is 0. The van der Waals surface area contributed by atoms with Crippen LogP contribution in [0.15, 0.2) is 97.1 Å². The van der Waals surface area contributed by atoms with Crippen LogP contribution in [0.1, 0.15) is 0 Å². The molecular formula is C24H19N3. The van der Waals surface area contributed by atoms with Gasteiger partial charge in [0.05, 0.1) is 28.1 Å². The third-order valence-electron chi connectivity index (χ3n) is 4.94. The zero-order valence-corrected chi connectivity index (χ0v) is 14.8. The molecular weight excluding hydrogens is 330 g/mol. The van der Waals surface area contributed by atoms with Gasteiger partial charge < -0.3 is 15.6 Å². The smallest absolute Gasteiger partial charge is 0.0776 e. The number of rotatable bonds is 3. The van der Waals surface area contributed by atoms with Crippen LogP contribution in [-0.4, -0.2) is 4.57 Å². The van der Waals surface area contributed by atoms with Crippen molar-refractivity contribution < 1.29 is 0 Å². The van der Waals surface area contributed by atoms with E-state index in [0.717, 1.165) is 28.3 Å². The van der Waals surface area contributed by atoms with E-state index in [9.17, 15) is 0 Å². The number of benzene rings is 4. The Morgan fingerprint density at radius 1 is 0.593 bits per heavy atom. The Hall–Kier alpha value is -3.72. The van der Waals surface area contributed by atoms with Gasteiger partial charge in [0.1, 0.15) is 0 Å². The number of nitrogens with one attached hydrogen (secondary N) is 1. The second kappa shape index (κ2) is 6.22. The molecule has 130 valence electrons. The molecule has 0 amide bonds. The lowest BCUT2D eigenvalue weighted by Gasteiger charge is -2.14. The molecule has 0 aliphatic heterocycles. The number of hydrogen-bond acceptors (Lipinski definition) is 2. The van der Waals surface area contributed by atoms with Gasteiger partial charge in [0.25, 0.3) is 0 Å². The minimum atomic E-state index is 0.733. The Morgan fingerprint density at radius 2 is 1.26 bits per heavy atom. The van der Waals surface area contributed by atoms with Crippen LogP contribution < -0.4 is 11.1 Å². The summed E-state index contributed by atoms with van der Waals surface area (Å²) < 4.78 is 2.31. The molecule has 0 saturated heterocycles. The first-order valence-electron chi connectivity index (χ1n) is 9.02. The number of anilines is 3. The minimum Gasteiger partial charge on any atom is -0.397 e. The first-order valence-corrected chi connectivity index (χ1v) is 9.02. The molecule has 0 unspecified atom stereocenters. The highest BCUT2D eigenvalue weighted by atomic mass is 15.0. The van der Waals surface area contributed by atoms with E-state index in [2.05, 4.69) is 76.6 Å². The third kappa shape index (κ3) is 2.52. The van der Waals surface area contributed by atoms with Gasteiger partial charge in [0.15, 0.2) is 0 Å². The van der Waals surface area contributed by atoms with Gasteiger partial charge in [-0.2, -0.15) is 0 Å². The fraction of sp³-hybridized carbons (Fsp3) is 0. The zero-order valence-electron chi connectivity index (χ0n) is 14.8. The summed E-state index contributed by atoms with van der Waals surface area (Å²) in [6.07, 6.45) is 0. The number of hydrogen-bond donors (Lipinski definition) is 2. The maximum Gasteiger partial charge on any atom is 0.0776 e. The van der Waals surface area contributed by atoms with Crippen LogP contribution in [0.4, 0.5) is 17.1 Å². The van der Waals surface area contributed by atoms with Gasteiger partial charge in [-0.05, 0) is 36.4 Å². The van der Waals surface area contributed by atoms with Gasteiger partial charge in [-0.3, -0.25) is 0 Å². The summed E-state index contributed by atoms with van der Waals surface area (Å²) in [5, 5.41) is 5.99. The van der Waals surface area contributed by atoms with Crippen LogP contribution in [0.3, 0.4) is 0 Å². The van der Waals surface area contributed by atoms with E-state index in [1.165, 1.54) is 16.3 Å². The molecule has 0 fully saturated rings. The predicted molar refractivity (Wildman–Crippen MR) is 115 cm³/mol. The van der Waals surface area contributed by atoms with Crippen molar-refractivity contribution in [1.82, 2.24) is 4.57 Å². The molecule has 1 heterocycles. The zero-order chi connectivity index (χ0) is 18.2. The highest BCUT2D eigenvalue weighted by Gasteiger charge is 2.15. The van der Waals surface area contributed by atoms with Crippen molar-refractivity contribution >= 4 is 38.9 Å². The third-order valence-corrected chi connectivity index (χ3v) is 4.94. The molecule has 3 nitrogen and oxygen atoms in total. The lowest BCUT2D eigenvalue weighted by Crippen LogP contribution is -1.99. The molecule has 0 aliphatic carbocycles. The molecule has 5 rings (SSSR count). The lowest BCUT2D eigenvalue weighted by atomic mass is 10.1. The van der Waals surface area contributed by atoms with Gasteiger partial charge in [-0.15, -0.1) is 0 Å². The van der Waals surface area contributed by atoms with Crippen LogP contribution in [0.5, 0.6) is 0 Å². The molecule has 0 radical (unpaired) electrons. The predicted octanol–water partition coefficient (Wildman–Crippen LogP) is 6.11. The van der Waals surface area contributed by atoms with Crippen LogP contribution in [0.25, 0.3) is 27.5 Å². The average Bonchev–Trinajstić information content (AvgIpc) is 3.06. The molecule has 27 heavy (non-hydrogen) atoms. The number of para-hydroxylation sites is 5. The summed E-state index contributed by atoms with van der Waals surface area (Å²) in [7, 11) is 0. The van der Waals surface area contributed by atoms with Crippen LogP contribution in [0.2, 0.25) is 0 Å². The second-order valence-corrected chi connectivity index (χ2v) is 6.60. The molecule has 4 aromatic carbocycles. The fourth-order valence-corrected chi connectivity index (χ4v) is 3.72. The molecule has 0 spiro atoms. The Bertz CT molecular complexity index is 1250. The minimum absolute atomic E-state index is 0.733. The summed E-state index contributed by atoms with van der Waals surface area (Å²) in [6, 6.07) is 33.2. The van der Waals surface area contributed by atoms with E-state index in [0.29, 0.717) is 0 Å². The maximum atomic E-state index is 6.17. The molecule has 0 aliphatic rings. The van der Waals surface area contributed by atoms with Gasteiger partial charge in [0.2, 0.25) is 0 Å². The molecule has 5 aromatic rings. The SMILES string of the molecule is Nc1ccccc1Nc1cccc2c3ccccc3n(-c3ccccc3)c12. The Labute approximate surface area is 157 Å². The second-order valence-electron chi connectivity index (χ2n) is 6.60. The van der Waals surface area contributed by atoms with Crippen molar-refractivity contribution in [2.75, 3.05) is 11.1 Å². The Morgan fingerprint density at radius 3 is 2.11 bits per heavy atom. The molecule has 0 bridgehead atoms. The highest BCUT2D eigenvalue weighted by Crippen LogP contribution is 2.37. The monoisotopic (exact) mass is 349 g/mol. The van der Waals surface area contributed by atoms with Crippen LogP contribution in [0, 0.1) is 0 Å². The van der Waals surface area contributed by atoms with Crippen molar-refractivity contribution in [1.29, 1.82) is 0 Å². The summed E-state index contributed by atoms with van der Waals surface area (Å²) in [5.74, 6) is 0. The van der Waals surface area contributed by atoms with Crippen molar-refractivity contribution in [3.63, 3.8) is 0 Å². The van der Waals surface area contributed by atoms with Gasteiger partial charge >= 0.3 is 0 Å². The van der Waals surface area contributed by atoms with Gasteiger partial charge in [-0.1, -0.05) is 60.7 Å². The largest absolute Gasteiger partial charge is 0.397 e. The average molecular weight is 349 g/mol. The van der Waals surface area contributed by atoms with E-state index >= 15 is 0 Å². The van der Waals surface area contributed by atoms with E-state index in [-0.39, 0.29) is 0 Å². The highest BCUT2D eigenvalue weighted by molar-refractivity contribution is 6.13. The lowest BCUT2D eigenvalue weighted by molar-refractivity contribution is 1.18. The summed E-state index contributed by atoms with van der Waals surface area (Å²) in [6.45, 7) is 0. The number of fused-ring (bicyclic) bond motifs is 3. The molecule has 0 atom stereocenters. The Balaban J connectivity index is 1.84. The normalized spacial score (nSPS) is 11.1. The van der Waals surface area contributed by atoms with Gasteiger partial charge in [-0.25, -0.2) is 0 Å². The van der Waals surface area contributed by atoms with Gasteiger partial charge in [0, 0.05) is 16.5 Å². The quantitative estimate of drug-likeness (QED) is 0.386. The van der Waals surface area contributed by atoms with Crippen LogP contribution in [-0.2, 0) is 0 Å². The Kier molecular flexibility index (Phi) is 3.58. The van der Waals surface area contributed by atoms with Crippen molar-refractivity contribution in [2.24, 2.45) is 0 Å². The molecule has 1 aromatic heterocycles. The first kappa shape index (κ1) is 15.5. The summed E-state index contributed by atoms with van der Waals surface area (Å²) >= 11 is 0. The van der Waals surface area contributed by atoms with Crippen molar-refractivity contribution in [3.05, 3.63) is 97.1 Å². The summed E-state index contributed by atoms with van der Waals surface area (Å²) in [5.41, 5.74) is 12.3. The van der Waals surface area contributed by atoms with Crippen LogP contribution >= 0.6 is 0 Å². The first-order chi connectivity index (χ1) is 13.3. The maximum absolute atomic E-state index is 6.17. The van der Waals surface area contributed by atoms with Crippen molar-refractivity contribution in [2.45, 2.75) is 0 Å².